The molecule has 0 amide bonds. The second kappa shape index (κ2) is 4.44. The fourth-order valence-electron chi connectivity index (χ4n) is 2.60. The van der Waals surface area contributed by atoms with Gasteiger partial charge in [-0.05, 0) is 31.4 Å². The van der Waals surface area contributed by atoms with Crippen LogP contribution in [0.15, 0.2) is 24.7 Å². The largest absolute Gasteiger partial charge is 0.349 e. The van der Waals surface area contributed by atoms with Crippen molar-refractivity contribution in [1.82, 2.24) is 14.3 Å². The number of fused-ring (bicyclic) bond motifs is 1. The number of hydrogen-bond acceptors (Lipinski definition) is 2. The van der Waals surface area contributed by atoms with E-state index in [1.165, 1.54) is 11.3 Å². The molecule has 0 spiro atoms. The first-order valence-corrected chi connectivity index (χ1v) is 6.44. The van der Waals surface area contributed by atoms with Crippen LogP contribution >= 0.6 is 0 Å². The molecule has 0 N–H and O–H groups in total. The number of aryl methyl sites for hydroxylation is 3. The first-order chi connectivity index (χ1) is 8.74. The Hall–Kier alpha value is -1.84. The van der Waals surface area contributed by atoms with Gasteiger partial charge < -0.3 is 4.57 Å². The second-order valence-electron chi connectivity index (χ2n) is 4.93. The van der Waals surface area contributed by atoms with Gasteiger partial charge in [-0.25, -0.2) is 0 Å². The minimum Gasteiger partial charge on any atom is -0.349 e. The number of nitrogens with zero attached hydrogens (tertiary/aromatic N) is 3. The van der Waals surface area contributed by atoms with Crippen LogP contribution in [0, 0.1) is 6.92 Å². The van der Waals surface area contributed by atoms with Crippen LogP contribution in [0.2, 0.25) is 0 Å². The number of Topliss-reactive ketones (excluding diaryl/α,β-unsaturated/α-hetero) is 1. The average Bonchev–Trinajstić information content (AvgIpc) is 2.94. The topological polar surface area (TPSA) is 39.8 Å². The predicted octanol–water partition coefficient (Wildman–Crippen LogP) is 2.21. The van der Waals surface area contributed by atoms with Gasteiger partial charge in [-0.3, -0.25) is 9.48 Å². The van der Waals surface area contributed by atoms with E-state index in [1.54, 1.807) is 0 Å². The molecule has 4 heteroatoms. The molecule has 1 aliphatic carbocycles. The molecule has 0 aliphatic heterocycles. The van der Waals surface area contributed by atoms with Crippen molar-refractivity contribution >= 4 is 5.78 Å². The smallest absolute Gasteiger partial charge is 0.164 e. The molecule has 0 radical (unpaired) electrons. The van der Waals surface area contributed by atoms with Gasteiger partial charge in [0, 0.05) is 36.6 Å². The molecule has 1 aliphatic rings. The highest BCUT2D eigenvalue weighted by Crippen LogP contribution is 2.22. The van der Waals surface area contributed by atoms with Crippen LogP contribution in [-0.4, -0.2) is 20.1 Å². The van der Waals surface area contributed by atoms with E-state index in [0.717, 1.165) is 31.5 Å². The first-order valence-electron chi connectivity index (χ1n) is 6.44. The minimum atomic E-state index is 0.296. The van der Waals surface area contributed by atoms with E-state index in [0.29, 0.717) is 12.2 Å². The van der Waals surface area contributed by atoms with E-state index >= 15 is 0 Å². The predicted molar refractivity (Wildman–Crippen MR) is 68.7 cm³/mol. The minimum absolute atomic E-state index is 0.296. The van der Waals surface area contributed by atoms with Crippen LogP contribution in [-0.2, 0) is 19.5 Å². The van der Waals surface area contributed by atoms with E-state index in [1.807, 2.05) is 36.3 Å². The maximum atomic E-state index is 11.7. The molecule has 94 valence electrons. The lowest BCUT2D eigenvalue weighted by Crippen LogP contribution is -2.15. The summed E-state index contributed by atoms with van der Waals surface area (Å²) >= 11 is 0. The van der Waals surface area contributed by atoms with Crippen LogP contribution in [0.5, 0.6) is 0 Å². The van der Waals surface area contributed by atoms with E-state index in [-0.39, 0.29) is 0 Å². The monoisotopic (exact) mass is 243 g/mol. The molecule has 0 saturated heterocycles. The Bertz CT molecular complexity index is 580. The molecule has 2 aromatic rings. The van der Waals surface area contributed by atoms with Gasteiger partial charge in [-0.1, -0.05) is 0 Å². The summed E-state index contributed by atoms with van der Waals surface area (Å²) < 4.78 is 4.15. The van der Waals surface area contributed by atoms with Gasteiger partial charge in [0.15, 0.2) is 5.78 Å². The number of rotatable bonds is 3. The maximum Gasteiger partial charge on any atom is 0.164 e. The zero-order chi connectivity index (χ0) is 12.5. The van der Waals surface area contributed by atoms with Crippen LogP contribution in [0.4, 0.5) is 0 Å². The molecule has 18 heavy (non-hydrogen) atoms. The van der Waals surface area contributed by atoms with E-state index in [2.05, 4.69) is 9.67 Å². The summed E-state index contributed by atoms with van der Waals surface area (Å²) in [6.07, 6.45) is 8.65. The van der Waals surface area contributed by atoms with Gasteiger partial charge >= 0.3 is 0 Å². The maximum absolute atomic E-state index is 11.7. The van der Waals surface area contributed by atoms with Crippen LogP contribution in [0.3, 0.4) is 0 Å². The fourth-order valence-corrected chi connectivity index (χ4v) is 2.60. The standard InChI is InChI=1S/C14H17N3O/c1-11-9-15-17(10-11)8-7-16-6-5-12-13(16)3-2-4-14(12)18/h5-6,9-10H,2-4,7-8H2,1H3. The van der Waals surface area contributed by atoms with Gasteiger partial charge in [-0.15, -0.1) is 0 Å². The number of carbonyl (C=O) groups excluding carboxylic acids is 1. The molecule has 2 aromatic heterocycles. The normalized spacial score (nSPS) is 14.8. The van der Waals surface area contributed by atoms with Crippen molar-refractivity contribution in [2.45, 2.75) is 39.3 Å². The van der Waals surface area contributed by atoms with Crippen LogP contribution in [0.1, 0.15) is 34.5 Å². The van der Waals surface area contributed by atoms with Crippen molar-refractivity contribution in [2.75, 3.05) is 0 Å². The van der Waals surface area contributed by atoms with Gasteiger partial charge in [0.1, 0.15) is 0 Å². The molecule has 0 saturated carbocycles. The Labute approximate surface area is 106 Å². The SMILES string of the molecule is Cc1cnn(CCn2ccc3c2CCCC3=O)c1. The molecular formula is C14H17N3O. The lowest BCUT2D eigenvalue weighted by Gasteiger charge is -2.14. The molecule has 0 aromatic carbocycles. The Morgan fingerprint density at radius 3 is 3.00 bits per heavy atom. The van der Waals surface area contributed by atoms with Gasteiger partial charge in [-0.2, -0.15) is 5.10 Å². The fraction of sp³-hybridized carbons (Fsp3) is 0.429. The van der Waals surface area contributed by atoms with Gasteiger partial charge in [0.05, 0.1) is 12.7 Å². The zero-order valence-electron chi connectivity index (χ0n) is 10.6. The molecule has 0 unspecified atom stereocenters. The summed E-state index contributed by atoms with van der Waals surface area (Å²) in [5.74, 6) is 0.296. The number of carbonyl (C=O) groups is 1. The Morgan fingerprint density at radius 1 is 1.33 bits per heavy atom. The molecule has 3 rings (SSSR count). The Balaban J connectivity index is 1.75. The lowest BCUT2D eigenvalue weighted by atomic mass is 9.97. The number of ketones is 1. The molecule has 0 bridgehead atoms. The van der Waals surface area contributed by atoms with Gasteiger partial charge in [0.2, 0.25) is 0 Å². The summed E-state index contributed by atoms with van der Waals surface area (Å²) in [6, 6.07) is 1.96. The van der Waals surface area contributed by atoms with Crippen molar-refractivity contribution in [1.29, 1.82) is 0 Å². The molecule has 0 fully saturated rings. The molecule has 4 nitrogen and oxygen atoms in total. The van der Waals surface area contributed by atoms with Crippen LogP contribution in [0.25, 0.3) is 0 Å². The highest BCUT2D eigenvalue weighted by Gasteiger charge is 2.20. The van der Waals surface area contributed by atoms with Crippen molar-refractivity contribution in [3.8, 4) is 0 Å². The quantitative estimate of drug-likeness (QED) is 0.829. The summed E-state index contributed by atoms with van der Waals surface area (Å²) in [5.41, 5.74) is 3.31. The molecule has 2 heterocycles. The van der Waals surface area contributed by atoms with Crippen molar-refractivity contribution in [3.63, 3.8) is 0 Å². The van der Waals surface area contributed by atoms with E-state index in [4.69, 9.17) is 0 Å². The van der Waals surface area contributed by atoms with E-state index < -0.39 is 0 Å². The summed E-state index contributed by atoms with van der Waals surface area (Å²) in [7, 11) is 0. The molecule has 0 atom stereocenters. The number of hydrogen-bond donors (Lipinski definition) is 0. The summed E-state index contributed by atoms with van der Waals surface area (Å²) in [5, 5.41) is 4.28. The highest BCUT2D eigenvalue weighted by molar-refractivity contribution is 5.98. The lowest BCUT2D eigenvalue weighted by molar-refractivity contribution is 0.0971. The Morgan fingerprint density at radius 2 is 2.22 bits per heavy atom. The summed E-state index contributed by atoms with van der Waals surface area (Å²) in [4.78, 5) is 11.7. The Kier molecular flexibility index (Phi) is 2.78. The van der Waals surface area contributed by atoms with Crippen LogP contribution < -0.4 is 0 Å². The van der Waals surface area contributed by atoms with Crippen molar-refractivity contribution in [2.24, 2.45) is 0 Å². The van der Waals surface area contributed by atoms with Gasteiger partial charge in [0.25, 0.3) is 0 Å². The zero-order valence-corrected chi connectivity index (χ0v) is 10.6. The second-order valence-corrected chi connectivity index (χ2v) is 4.93. The van der Waals surface area contributed by atoms with Crippen molar-refractivity contribution in [3.05, 3.63) is 41.5 Å². The third kappa shape index (κ3) is 1.98. The van der Waals surface area contributed by atoms with Crippen molar-refractivity contribution < 1.29 is 4.79 Å². The highest BCUT2D eigenvalue weighted by atomic mass is 16.1. The summed E-state index contributed by atoms with van der Waals surface area (Å²) in [6.45, 7) is 3.77. The average molecular weight is 243 g/mol. The third-order valence-electron chi connectivity index (χ3n) is 3.53. The third-order valence-corrected chi connectivity index (χ3v) is 3.53. The molecular weight excluding hydrogens is 226 g/mol. The first kappa shape index (κ1) is 11.3. The van der Waals surface area contributed by atoms with E-state index in [9.17, 15) is 4.79 Å². The number of aromatic nitrogens is 3.